The van der Waals surface area contributed by atoms with Gasteiger partial charge in [-0.15, -0.1) is 0 Å². The van der Waals surface area contributed by atoms with Crippen LogP contribution in [0, 0.1) is 0 Å². The molecule has 39 heavy (non-hydrogen) atoms. The maximum Gasteiger partial charge on any atom is 0.416 e. The molecule has 0 aromatic heterocycles. The number of benzene rings is 3. The van der Waals surface area contributed by atoms with Crippen LogP contribution in [0.25, 0.3) is 0 Å². The Bertz CT molecular complexity index is 1130. The van der Waals surface area contributed by atoms with Crippen LogP contribution >= 0.6 is 0 Å². The van der Waals surface area contributed by atoms with Gasteiger partial charge in [0.2, 0.25) is 0 Å². The number of alkyl halides is 6. The monoisotopic (exact) mass is 555 g/mol. The Morgan fingerprint density at radius 1 is 0.744 bits per heavy atom. The summed E-state index contributed by atoms with van der Waals surface area (Å²) in [7, 11) is 0. The number of hydrogen-bond acceptors (Lipinski definition) is 4. The lowest BCUT2D eigenvalue weighted by Crippen LogP contribution is -2.24. The van der Waals surface area contributed by atoms with E-state index in [1.54, 1.807) is 24.3 Å². The highest BCUT2D eigenvalue weighted by atomic mass is 19.4. The third-order valence-electron chi connectivity index (χ3n) is 5.85. The van der Waals surface area contributed by atoms with Crippen LogP contribution < -0.4 is 14.8 Å². The highest BCUT2D eigenvalue weighted by Gasteiger charge is 2.30. The van der Waals surface area contributed by atoms with Crippen molar-refractivity contribution in [3.8, 4) is 17.2 Å². The highest BCUT2D eigenvalue weighted by molar-refractivity contribution is 5.38. The summed E-state index contributed by atoms with van der Waals surface area (Å²) < 4.78 is 93.4. The first kappa shape index (κ1) is 30.3. The average Bonchev–Trinajstić information content (AvgIpc) is 2.89. The molecule has 0 saturated carbocycles. The van der Waals surface area contributed by atoms with Crippen molar-refractivity contribution in [2.24, 2.45) is 0 Å². The zero-order chi connectivity index (χ0) is 28.3. The van der Waals surface area contributed by atoms with Crippen molar-refractivity contribution in [1.82, 2.24) is 5.32 Å². The van der Waals surface area contributed by atoms with E-state index in [0.717, 1.165) is 56.6 Å². The first-order chi connectivity index (χ1) is 18.5. The van der Waals surface area contributed by atoms with Crippen molar-refractivity contribution >= 4 is 0 Å². The average molecular weight is 556 g/mol. The van der Waals surface area contributed by atoms with Crippen LogP contribution in [0.1, 0.15) is 42.9 Å². The minimum Gasteiger partial charge on any atom is -0.493 e. The first-order valence-electron chi connectivity index (χ1n) is 12.6. The summed E-state index contributed by atoms with van der Waals surface area (Å²) in [5.41, 5.74) is -0.720. The van der Waals surface area contributed by atoms with E-state index in [9.17, 15) is 26.3 Å². The van der Waals surface area contributed by atoms with E-state index in [-0.39, 0.29) is 18.5 Å². The highest BCUT2D eigenvalue weighted by Crippen LogP contribution is 2.32. The largest absolute Gasteiger partial charge is 0.493 e. The lowest BCUT2D eigenvalue weighted by atomic mass is 10.1. The number of hydrogen-bond donors (Lipinski definition) is 1. The van der Waals surface area contributed by atoms with E-state index in [0.29, 0.717) is 23.7 Å². The van der Waals surface area contributed by atoms with E-state index in [1.165, 1.54) is 24.3 Å². The van der Waals surface area contributed by atoms with E-state index < -0.39 is 23.5 Å². The van der Waals surface area contributed by atoms with Gasteiger partial charge in [-0.1, -0.05) is 25.1 Å². The van der Waals surface area contributed by atoms with Crippen molar-refractivity contribution in [2.75, 3.05) is 19.7 Å². The predicted octanol–water partition coefficient (Wildman–Crippen LogP) is 8.26. The molecule has 0 amide bonds. The SMILES string of the molecule is CCC(CCNCCCOc1cccc(Oc2ccc(C(F)(F)F)cc2)c1)OCc1ccc(C(F)(F)F)cc1. The minimum absolute atomic E-state index is 0.0107. The van der Waals surface area contributed by atoms with E-state index in [4.69, 9.17) is 14.2 Å². The number of rotatable bonds is 14. The molecule has 0 aliphatic carbocycles. The molecule has 0 bridgehead atoms. The Morgan fingerprint density at radius 3 is 1.97 bits per heavy atom. The standard InChI is InChI=1S/C29H31F6NO3/c1-2-24(38-20-21-7-9-22(10-8-21)28(30,31)32)15-17-36-16-4-18-37-26-5-3-6-27(19-26)39-25-13-11-23(12-14-25)29(33,34)35/h3,5-14,19,24,36H,2,4,15-18,20H2,1H3. The summed E-state index contributed by atoms with van der Waals surface area (Å²) in [4.78, 5) is 0. The maximum absolute atomic E-state index is 12.7. The summed E-state index contributed by atoms with van der Waals surface area (Å²) >= 11 is 0. The number of halogens is 6. The van der Waals surface area contributed by atoms with Crippen LogP contribution in [-0.4, -0.2) is 25.8 Å². The molecule has 0 saturated heterocycles. The normalized spacial score (nSPS) is 12.8. The maximum atomic E-state index is 12.7. The number of ether oxygens (including phenoxy) is 3. The Balaban J connectivity index is 1.31. The first-order valence-corrected chi connectivity index (χ1v) is 12.6. The summed E-state index contributed by atoms with van der Waals surface area (Å²) in [5.74, 6) is 1.33. The molecule has 3 aromatic carbocycles. The molecule has 1 N–H and O–H groups in total. The van der Waals surface area contributed by atoms with Gasteiger partial charge in [0.15, 0.2) is 0 Å². The van der Waals surface area contributed by atoms with Crippen LogP contribution in [-0.2, 0) is 23.7 Å². The van der Waals surface area contributed by atoms with Gasteiger partial charge in [-0.05, 0) is 86.4 Å². The Labute approximate surface area is 223 Å². The van der Waals surface area contributed by atoms with Crippen molar-refractivity contribution in [3.63, 3.8) is 0 Å². The molecule has 0 radical (unpaired) electrons. The fraction of sp³-hybridized carbons (Fsp3) is 0.379. The molecule has 1 unspecified atom stereocenters. The second-order valence-electron chi connectivity index (χ2n) is 8.88. The topological polar surface area (TPSA) is 39.7 Å². The Kier molecular flexibility index (Phi) is 11.1. The van der Waals surface area contributed by atoms with Crippen molar-refractivity contribution in [2.45, 2.75) is 51.2 Å². The van der Waals surface area contributed by atoms with Gasteiger partial charge in [0.1, 0.15) is 17.2 Å². The molecule has 3 aromatic rings. The van der Waals surface area contributed by atoms with E-state index in [2.05, 4.69) is 5.32 Å². The smallest absolute Gasteiger partial charge is 0.416 e. The van der Waals surface area contributed by atoms with E-state index >= 15 is 0 Å². The van der Waals surface area contributed by atoms with Crippen molar-refractivity contribution in [3.05, 3.63) is 89.5 Å². The molecule has 4 nitrogen and oxygen atoms in total. The number of nitrogens with one attached hydrogen (secondary N) is 1. The molecule has 0 aliphatic rings. The molecule has 3 rings (SSSR count). The minimum atomic E-state index is -4.40. The summed E-state index contributed by atoms with van der Waals surface area (Å²) in [6, 6.07) is 16.3. The molecular formula is C29H31F6NO3. The van der Waals surface area contributed by atoms with Gasteiger partial charge < -0.3 is 19.5 Å². The third-order valence-corrected chi connectivity index (χ3v) is 5.85. The van der Waals surface area contributed by atoms with Gasteiger partial charge in [0, 0.05) is 6.07 Å². The van der Waals surface area contributed by atoms with Crippen molar-refractivity contribution in [1.29, 1.82) is 0 Å². The van der Waals surface area contributed by atoms with Gasteiger partial charge in [-0.3, -0.25) is 0 Å². The molecular weight excluding hydrogens is 524 g/mol. The molecule has 0 fully saturated rings. The van der Waals surface area contributed by atoms with Crippen LogP contribution in [0.3, 0.4) is 0 Å². The van der Waals surface area contributed by atoms with Gasteiger partial charge >= 0.3 is 12.4 Å². The second kappa shape index (κ2) is 14.2. The Morgan fingerprint density at radius 2 is 1.36 bits per heavy atom. The van der Waals surface area contributed by atoms with Gasteiger partial charge in [-0.2, -0.15) is 26.3 Å². The summed E-state index contributed by atoms with van der Waals surface area (Å²) in [6.07, 6.45) is -6.46. The van der Waals surface area contributed by atoms with Crippen LogP contribution in [0.2, 0.25) is 0 Å². The van der Waals surface area contributed by atoms with Crippen LogP contribution in [0.5, 0.6) is 17.2 Å². The summed E-state index contributed by atoms with van der Waals surface area (Å²) in [5, 5.41) is 3.33. The van der Waals surface area contributed by atoms with Crippen LogP contribution in [0.4, 0.5) is 26.3 Å². The van der Waals surface area contributed by atoms with E-state index in [1.807, 2.05) is 6.92 Å². The molecule has 0 spiro atoms. The van der Waals surface area contributed by atoms with Gasteiger partial charge in [0.25, 0.3) is 0 Å². The lowest BCUT2D eigenvalue weighted by molar-refractivity contribution is -0.138. The Hall–Kier alpha value is -3.24. The fourth-order valence-electron chi connectivity index (χ4n) is 3.66. The van der Waals surface area contributed by atoms with Gasteiger partial charge in [-0.25, -0.2) is 0 Å². The third kappa shape index (κ3) is 10.4. The molecule has 0 heterocycles. The fourth-order valence-corrected chi connectivity index (χ4v) is 3.66. The van der Waals surface area contributed by atoms with Gasteiger partial charge in [0.05, 0.1) is 30.4 Å². The lowest BCUT2D eigenvalue weighted by Gasteiger charge is -2.17. The predicted molar refractivity (Wildman–Crippen MR) is 136 cm³/mol. The zero-order valence-electron chi connectivity index (χ0n) is 21.4. The molecule has 0 aliphatic heterocycles. The van der Waals surface area contributed by atoms with Crippen molar-refractivity contribution < 1.29 is 40.6 Å². The molecule has 10 heteroatoms. The zero-order valence-corrected chi connectivity index (χ0v) is 21.4. The second-order valence-corrected chi connectivity index (χ2v) is 8.88. The molecule has 212 valence electrons. The summed E-state index contributed by atoms with van der Waals surface area (Å²) in [6.45, 7) is 4.16. The van der Waals surface area contributed by atoms with Crippen LogP contribution in [0.15, 0.2) is 72.8 Å². The molecule has 1 atom stereocenters. The quantitative estimate of drug-likeness (QED) is 0.161.